The lowest BCUT2D eigenvalue weighted by atomic mass is 9.89. The molecule has 0 aromatic heterocycles. The molecule has 0 bridgehead atoms. The number of esters is 1. The van der Waals surface area contributed by atoms with Crippen LogP contribution in [0.4, 0.5) is 0 Å². The molecule has 3 atom stereocenters. The summed E-state index contributed by atoms with van der Waals surface area (Å²) in [5.74, 6) is 0.621. The standard InChI is InChI=1S/C9H16O2/c1-4-8-6(2)5-7(3)9(10)11-8/h6-8H,4-5H2,1-3H3. The van der Waals surface area contributed by atoms with Gasteiger partial charge in [0, 0.05) is 0 Å². The Morgan fingerprint density at radius 1 is 1.55 bits per heavy atom. The Bertz CT molecular complexity index is 154. The zero-order chi connectivity index (χ0) is 8.43. The molecule has 2 nitrogen and oxygen atoms in total. The van der Waals surface area contributed by atoms with Crippen molar-refractivity contribution in [2.45, 2.75) is 39.7 Å². The van der Waals surface area contributed by atoms with E-state index in [1.165, 1.54) is 0 Å². The first-order chi connectivity index (χ1) is 5.15. The average molecular weight is 156 g/mol. The van der Waals surface area contributed by atoms with Crippen molar-refractivity contribution < 1.29 is 9.53 Å². The van der Waals surface area contributed by atoms with Crippen LogP contribution < -0.4 is 0 Å². The summed E-state index contributed by atoms with van der Waals surface area (Å²) in [6.45, 7) is 6.15. The summed E-state index contributed by atoms with van der Waals surface area (Å²) in [7, 11) is 0. The predicted molar refractivity (Wildman–Crippen MR) is 43.1 cm³/mol. The van der Waals surface area contributed by atoms with Crippen LogP contribution in [0.3, 0.4) is 0 Å². The molecule has 0 N–H and O–H groups in total. The number of rotatable bonds is 1. The van der Waals surface area contributed by atoms with Crippen LogP contribution in [0.5, 0.6) is 0 Å². The van der Waals surface area contributed by atoms with Crippen LogP contribution in [0.1, 0.15) is 33.6 Å². The summed E-state index contributed by atoms with van der Waals surface area (Å²) in [5, 5.41) is 0. The van der Waals surface area contributed by atoms with Gasteiger partial charge in [-0.1, -0.05) is 20.8 Å². The average Bonchev–Trinajstić information content (AvgIpc) is 1.97. The fourth-order valence-electron chi connectivity index (χ4n) is 1.67. The van der Waals surface area contributed by atoms with E-state index in [2.05, 4.69) is 13.8 Å². The maximum atomic E-state index is 11.1. The van der Waals surface area contributed by atoms with Crippen molar-refractivity contribution >= 4 is 5.97 Å². The quantitative estimate of drug-likeness (QED) is 0.543. The summed E-state index contributed by atoms with van der Waals surface area (Å²) in [5.41, 5.74) is 0. The molecule has 0 radical (unpaired) electrons. The second kappa shape index (κ2) is 3.24. The molecule has 11 heavy (non-hydrogen) atoms. The van der Waals surface area contributed by atoms with E-state index in [1.54, 1.807) is 0 Å². The first-order valence-electron chi connectivity index (χ1n) is 4.35. The third kappa shape index (κ3) is 1.73. The van der Waals surface area contributed by atoms with Crippen molar-refractivity contribution in [3.8, 4) is 0 Å². The lowest BCUT2D eigenvalue weighted by Gasteiger charge is -2.31. The van der Waals surface area contributed by atoms with E-state index in [-0.39, 0.29) is 18.0 Å². The zero-order valence-electron chi connectivity index (χ0n) is 7.46. The van der Waals surface area contributed by atoms with Gasteiger partial charge in [0.25, 0.3) is 0 Å². The van der Waals surface area contributed by atoms with Crippen LogP contribution >= 0.6 is 0 Å². The molecule has 1 fully saturated rings. The maximum absolute atomic E-state index is 11.1. The normalized spacial score (nSPS) is 38.5. The highest BCUT2D eigenvalue weighted by Crippen LogP contribution is 2.26. The summed E-state index contributed by atoms with van der Waals surface area (Å²) in [6, 6.07) is 0. The molecule has 2 heteroatoms. The Labute approximate surface area is 67.9 Å². The molecular weight excluding hydrogens is 140 g/mol. The minimum atomic E-state index is -0.0186. The van der Waals surface area contributed by atoms with Gasteiger partial charge in [0.1, 0.15) is 6.10 Å². The van der Waals surface area contributed by atoms with E-state index >= 15 is 0 Å². The Hall–Kier alpha value is -0.530. The summed E-state index contributed by atoms with van der Waals surface area (Å²) in [6.07, 6.45) is 2.09. The molecule has 0 amide bonds. The van der Waals surface area contributed by atoms with Crippen molar-refractivity contribution in [1.29, 1.82) is 0 Å². The molecule has 0 spiro atoms. The number of carbonyl (C=O) groups is 1. The topological polar surface area (TPSA) is 26.3 Å². The van der Waals surface area contributed by atoms with Crippen LogP contribution in [-0.4, -0.2) is 12.1 Å². The summed E-state index contributed by atoms with van der Waals surface area (Å²) >= 11 is 0. The van der Waals surface area contributed by atoms with Crippen molar-refractivity contribution in [3.05, 3.63) is 0 Å². The van der Waals surface area contributed by atoms with E-state index in [9.17, 15) is 4.79 Å². The fraction of sp³-hybridized carbons (Fsp3) is 0.889. The lowest BCUT2D eigenvalue weighted by molar-refractivity contribution is -0.164. The fourth-order valence-corrected chi connectivity index (χ4v) is 1.67. The van der Waals surface area contributed by atoms with Gasteiger partial charge in [-0.2, -0.15) is 0 Å². The lowest BCUT2D eigenvalue weighted by Crippen LogP contribution is -2.35. The molecule has 64 valence electrons. The minimum absolute atomic E-state index is 0.0186. The number of cyclic esters (lactones) is 1. The molecule has 1 rings (SSSR count). The van der Waals surface area contributed by atoms with Gasteiger partial charge in [0.05, 0.1) is 5.92 Å². The largest absolute Gasteiger partial charge is 0.462 e. The molecule has 1 aliphatic rings. The Balaban J connectivity index is 2.54. The number of hydrogen-bond acceptors (Lipinski definition) is 2. The highest BCUT2D eigenvalue weighted by atomic mass is 16.5. The monoisotopic (exact) mass is 156 g/mol. The molecule has 1 aliphatic heterocycles. The Morgan fingerprint density at radius 2 is 2.18 bits per heavy atom. The molecule has 0 aromatic rings. The predicted octanol–water partition coefficient (Wildman–Crippen LogP) is 1.98. The van der Waals surface area contributed by atoms with Gasteiger partial charge >= 0.3 is 5.97 Å². The second-order valence-corrected chi connectivity index (χ2v) is 3.50. The molecular formula is C9H16O2. The number of ether oxygens (including phenoxy) is 1. The van der Waals surface area contributed by atoms with Gasteiger partial charge in [0.2, 0.25) is 0 Å². The van der Waals surface area contributed by atoms with Crippen molar-refractivity contribution in [2.75, 3.05) is 0 Å². The van der Waals surface area contributed by atoms with Crippen molar-refractivity contribution in [1.82, 2.24) is 0 Å². The molecule has 0 aromatic carbocycles. The highest BCUT2D eigenvalue weighted by molar-refractivity contribution is 5.72. The highest BCUT2D eigenvalue weighted by Gasteiger charge is 2.31. The molecule has 3 unspecified atom stereocenters. The smallest absolute Gasteiger partial charge is 0.308 e. The van der Waals surface area contributed by atoms with Crippen LogP contribution in [0.25, 0.3) is 0 Å². The molecule has 0 saturated carbocycles. The van der Waals surface area contributed by atoms with Gasteiger partial charge in [-0.15, -0.1) is 0 Å². The SMILES string of the molecule is CCC1OC(=O)C(C)CC1C. The first-order valence-corrected chi connectivity index (χ1v) is 4.35. The first kappa shape index (κ1) is 8.57. The summed E-state index contributed by atoms with van der Waals surface area (Å²) < 4.78 is 5.22. The second-order valence-electron chi connectivity index (χ2n) is 3.50. The van der Waals surface area contributed by atoms with Crippen LogP contribution in [0.2, 0.25) is 0 Å². The van der Waals surface area contributed by atoms with Crippen LogP contribution in [-0.2, 0) is 9.53 Å². The Kier molecular flexibility index (Phi) is 2.53. The maximum Gasteiger partial charge on any atom is 0.308 e. The van der Waals surface area contributed by atoms with E-state index in [4.69, 9.17) is 4.74 Å². The van der Waals surface area contributed by atoms with Crippen molar-refractivity contribution in [3.63, 3.8) is 0 Å². The van der Waals surface area contributed by atoms with Crippen LogP contribution in [0.15, 0.2) is 0 Å². The van der Waals surface area contributed by atoms with Gasteiger partial charge < -0.3 is 4.74 Å². The van der Waals surface area contributed by atoms with E-state index < -0.39 is 0 Å². The molecule has 1 saturated heterocycles. The third-order valence-electron chi connectivity index (χ3n) is 2.43. The molecule has 0 aliphatic carbocycles. The minimum Gasteiger partial charge on any atom is -0.462 e. The third-order valence-corrected chi connectivity index (χ3v) is 2.43. The number of hydrogen-bond donors (Lipinski definition) is 0. The Morgan fingerprint density at radius 3 is 2.73 bits per heavy atom. The number of carbonyl (C=O) groups excluding carboxylic acids is 1. The summed E-state index contributed by atoms with van der Waals surface area (Å²) in [4.78, 5) is 11.1. The van der Waals surface area contributed by atoms with E-state index in [1.807, 2.05) is 6.92 Å². The van der Waals surface area contributed by atoms with E-state index in [0.717, 1.165) is 12.8 Å². The van der Waals surface area contributed by atoms with Crippen LogP contribution in [0, 0.1) is 11.8 Å². The van der Waals surface area contributed by atoms with Gasteiger partial charge in [-0.25, -0.2) is 0 Å². The molecule has 1 heterocycles. The van der Waals surface area contributed by atoms with Gasteiger partial charge in [-0.05, 0) is 18.8 Å². The van der Waals surface area contributed by atoms with Crippen molar-refractivity contribution in [2.24, 2.45) is 11.8 Å². The van der Waals surface area contributed by atoms with E-state index in [0.29, 0.717) is 5.92 Å². The zero-order valence-corrected chi connectivity index (χ0v) is 7.46. The van der Waals surface area contributed by atoms with Gasteiger partial charge in [0.15, 0.2) is 0 Å². The van der Waals surface area contributed by atoms with Gasteiger partial charge in [-0.3, -0.25) is 4.79 Å².